The number of rotatable bonds is 0. The fraction of sp³-hybridized carbons (Fsp3) is 0.0769. The molecule has 0 amide bonds. The second kappa shape index (κ2) is 2.70. The van der Waals surface area contributed by atoms with Gasteiger partial charge in [-0.05, 0) is 12.1 Å². The predicted molar refractivity (Wildman–Crippen MR) is 59.8 cm³/mol. The summed E-state index contributed by atoms with van der Waals surface area (Å²) in [5.41, 5.74) is 1.91. The Labute approximate surface area is 90.7 Å². The lowest BCUT2D eigenvalue weighted by Crippen LogP contribution is -1.95. The molecule has 16 heavy (non-hydrogen) atoms. The molecule has 3 nitrogen and oxygen atoms in total. The molecule has 0 saturated carbocycles. The van der Waals surface area contributed by atoms with Crippen molar-refractivity contribution in [2.45, 2.75) is 6.42 Å². The van der Waals surface area contributed by atoms with Crippen LogP contribution in [0.5, 0.6) is 0 Å². The van der Waals surface area contributed by atoms with Crippen LogP contribution in [-0.4, -0.2) is 11.6 Å². The minimum atomic E-state index is -0.131. The van der Waals surface area contributed by atoms with Crippen molar-refractivity contribution in [1.29, 1.82) is 0 Å². The first-order valence-corrected chi connectivity index (χ1v) is 4.89. The average molecular weight is 212 g/mol. The molecule has 2 aromatic rings. The summed E-state index contributed by atoms with van der Waals surface area (Å²) in [6.45, 7) is 7.47. The highest BCUT2D eigenvalue weighted by atomic mass is 16.3. The maximum absolute atomic E-state index is 11.6. The summed E-state index contributed by atoms with van der Waals surface area (Å²) in [7, 11) is 0. The molecule has 0 aliphatic heterocycles. The van der Waals surface area contributed by atoms with Crippen LogP contribution in [0, 0.1) is 0 Å². The number of fused-ring (bicyclic) bond motifs is 2. The number of carbonyl (C=O) groups excluding carboxylic acids is 2. The lowest BCUT2D eigenvalue weighted by atomic mass is 10.0. The van der Waals surface area contributed by atoms with Gasteiger partial charge in [-0.25, -0.2) is 0 Å². The van der Waals surface area contributed by atoms with Gasteiger partial charge in [-0.2, -0.15) is 0 Å². The van der Waals surface area contributed by atoms with Crippen LogP contribution in [0.3, 0.4) is 0 Å². The number of furan rings is 1. The van der Waals surface area contributed by atoms with Crippen molar-refractivity contribution >= 4 is 35.5 Å². The Morgan fingerprint density at radius 1 is 0.938 bits per heavy atom. The largest absolute Gasteiger partial charge is 0.457 e. The maximum atomic E-state index is 11.6. The van der Waals surface area contributed by atoms with Gasteiger partial charge in [0, 0.05) is 21.9 Å². The quantitative estimate of drug-likeness (QED) is 0.612. The van der Waals surface area contributed by atoms with E-state index in [4.69, 9.17) is 4.42 Å². The molecule has 0 atom stereocenters. The fourth-order valence-electron chi connectivity index (χ4n) is 2.12. The van der Waals surface area contributed by atoms with E-state index in [9.17, 15) is 9.59 Å². The first kappa shape index (κ1) is 9.09. The molecule has 1 aliphatic carbocycles. The lowest BCUT2D eigenvalue weighted by Gasteiger charge is -1.95. The Morgan fingerprint density at radius 2 is 1.38 bits per heavy atom. The summed E-state index contributed by atoms with van der Waals surface area (Å²) in [5, 5.41) is 1.51. The highest BCUT2D eigenvalue weighted by Crippen LogP contribution is 2.24. The number of benzene rings is 1. The molecule has 1 aromatic heterocycles. The Kier molecular flexibility index (Phi) is 1.53. The Hall–Kier alpha value is -2.16. The molecule has 0 fully saturated rings. The predicted octanol–water partition coefficient (Wildman–Crippen LogP) is 1.02. The second-order valence-electron chi connectivity index (χ2n) is 3.91. The third-order valence-corrected chi connectivity index (χ3v) is 2.93. The number of hydrogen-bond donors (Lipinski definition) is 0. The van der Waals surface area contributed by atoms with Gasteiger partial charge in [0.05, 0.1) is 6.42 Å². The van der Waals surface area contributed by atoms with Crippen molar-refractivity contribution in [2.24, 2.45) is 0 Å². The monoisotopic (exact) mass is 212 g/mol. The molecule has 0 bridgehead atoms. The van der Waals surface area contributed by atoms with Crippen molar-refractivity contribution in [2.75, 3.05) is 0 Å². The molecule has 0 unspecified atom stereocenters. The zero-order chi connectivity index (χ0) is 11.4. The van der Waals surface area contributed by atoms with E-state index >= 15 is 0 Å². The van der Waals surface area contributed by atoms with E-state index in [-0.39, 0.29) is 18.0 Å². The minimum absolute atomic E-state index is 0.0297. The van der Waals surface area contributed by atoms with Crippen molar-refractivity contribution in [3.63, 3.8) is 0 Å². The van der Waals surface area contributed by atoms with Gasteiger partial charge >= 0.3 is 0 Å². The first-order valence-electron chi connectivity index (χ1n) is 4.89. The van der Waals surface area contributed by atoms with E-state index in [0.717, 1.165) is 10.8 Å². The highest BCUT2D eigenvalue weighted by Gasteiger charge is 2.28. The SMILES string of the molecule is C=c1oc(=C)c2cc3c(cc12)C(=O)CC3=O. The van der Waals surface area contributed by atoms with E-state index in [0.29, 0.717) is 22.0 Å². The average Bonchev–Trinajstić information content (AvgIpc) is 2.67. The van der Waals surface area contributed by atoms with Gasteiger partial charge in [-0.3, -0.25) is 9.59 Å². The van der Waals surface area contributed by atoms with Crippen LogP contribution in [0.1, 0.15) is 27.1 Å². The van der Waals surface area contributed by atoms with E-state index in [1.165, 1.54) is 0 Å². The highest BCUT2D eigenvalue weighted by molar-refractivity contribution is 6.25. The van der Waals surface area contributed by atoms with Crippen molar-refractivity contribution in [1.82, 2.24) is 0 Å². The fourth-order valence-corrected chi connectivity index (χ4v) is 2.12. The third kappa shape index (κ3) is 0.972. The van der Waals surface area contributed by atoms with Crippen LogP contribution in [0.2, 0.25) is 0 Å². The van der Waals surface area contributed by atoms with Crippen LogP contribution >= 0.6 is 0 Å². The number of carbonyl (C=O) groups is 2. The van der Waals surface area contributed by atoms with Crippen LogP contribution in [0.4, 0.5) is 0 Å². The molecule has 0 radical (unpaired) electrons. The normalized spacial score (nSPS) is 14.8. The Morgan fingerprint density at radius 3 is 1.81 bits per heavy atom. The first-order chi connectivity index (χ1) is 7.58. The van der Waals surface area contributed by atoms with Crippen molar-refractivity contribution in [3.05, 3.63) is 34.1 Å². The number of hydrogen-bond acceptors (Lipinski definition) is 3. The molecule has 3 rings (SSSR count). The lowest BCUT2D eigenvalue weighted by molar-refractivity contribution is 0.0923. The standard InChI is InChI=1S/C13H8O3/c1-6-8-3-10-11(13(15)5-12(10)14)4-9(8)7(2)16-6/h3-4H,1-2,5H2. The van der Waals surface area contributed by atoms with Gasteiger partial charge in [0.1, 0.15) is 10.8 Å². The minimum Gasteiger partial charge on any atom is -0.457 e. The zero-order valence-electron chi connectivity index (χ0n) is 8.50. The van der Waals surface area contributed by atoms with Crippen molar-refractivity contribution in [3.8, 4) is 0 Å². The second-order valence-corrected chi connectivity index (χ2v) is 3.91. The molecular weight excluding hydrogens is 204 g/mol. The Balaban J connectivity index is 2.55. The van der Waals surface area contributed by atoms with E-state index in [1.54, 1.807) is 12.1 Å². The molecule has 1 aromatic carbocycles. The summed E-state index contributed by atoms with van der Waals surface area (Å²) < 4.78 is 5.27. The maximum Gasteiger partial charge on any atom is 0.171 e. The summed E-state index contributed by atoms with van der Waals surface area (Å²) in [6, 6.07) is 3.36. The molecule has 1 aliphatic rings. The van der Waals surface area contributed by atoms with Gasteiger partial charge < -0.3 is 4.42 Å². The van der Waals surface area contributed by atoms with Gasteiger partial charge in [-0.1, -0.05) is 13.2 Å². The molecule has 0 N–H and O–H groups in total. The van der Waals surface area contributed by atoms with E-state index in [2.05, 4.69) is 13.2 Å². The molecular formula is C13H8O3. The van der Waals surface area contributed by atoms with Gasteiger partial charge in [0.25, 0.3) is 0 Å². The molecule has 0 saturated heterocycles. The smallest absolute Gasteiger partial charge is 0.171 e. The summed E-state index contributed by atoms with van der Waals surface area (Å²) in [5.74, 6) is -0.263. The molecule has 1 heterocycles. The molecule has 78 valence electrons. The van der Waals surface area contributed by atoms with Crippen LogP contribution < -0.4 is 10.8 Å². The number of ketones is 2. The van der Waals surface area contributed by atoms with E-state index < -0.39 is 0 Å². The van der Waals surface area contributed by atoms with Gasteiger partial charge in [0.2, 0.25) is 0 Å². The van der Waals surface area contributed by atoms with Gasteiger partial charge in [-0.15, -0.1) is 0 Å². The van der Waals surface area contributed by atoms with E-state index in [1.807, 2.05) is 0 Å². The summed E-state index contributed by atoms with van der Waals surface area (Å²) in [4.78, 5) is 23.1. The summed E-state index contributed by atoms with van der Waals surface area (Å²) >= 11 is 0. The topological polar surface area (TPSA) is 47.3 Å². The van der Waals surface area contributed by atoms with Crippen molar-refractivity contribution < 1.29 is 14.0 Å². The van der Waals surface area contributed by atoms with Gasteiger partial charge in [0.15, 0.2) is 11.6 Å². The zero-order valence-corrected chi connectivity index (χ0v) is 8.50. The molecule has 3 heteroatoms. The van der Waals surface area contributed by atoms with Crippen LogP contribution in [0.15, 0.2) is 16.5 Å². The number of Topliss-reactive ketones (excluding diaryl/α,β-unsaturated/α-hetero) is 2. The van der Waals surface area contributed by atoms with Crippen LogP contribution in [0.25, 0.3) is 23.9 Å². The molecule has 0 spiro atoms. The Bertz CT molecular complexity index is 688. The van der Waals surface area contributed by atoms with Crippen LogP contribution in [-0.2, 0) is 0 Å². The third-order valence-electron chi connectivity index (χ3n) is 2.93. The summed E-state index contributed by atoms with van der Waals surface area (Å²) in [6.07, 6.45) is -0.0297.